The summed E-state index contributed by atoms with van der Waals surface area (Å²) in [6.07, 6.45) is 1.84. The van der Waals surface area contributed by atoms with Crippen molar-refractivity contribution in [1.29, 1.82) is 0 Å². The number of hydrogen-bond donors (Lipinski definition) is 1. The van der Waals surface area contributed by atoms with Crippen molar-refractivity contribution in [3.8, 4) is 5.69 Å². The number of halogens is 2. The number of nitrogens with one attached hydrogen (secondary N) is 1. The van der Waals surface area contributed by atoms with E-state index in [1.165, 1.54) is 23.0 Å². The van der Waals surface area contributed by atoms with Gasteiger partial charge in [0.25, 0.3) is 5.56 Å². The Bertz CT molecular complexity index is 1140. The zero-order valence-electron chi connectivity index (χ0n) is 12.9. The molecule has 0 aliphatic rings. The van der Waals surface area contributed by atoms with E-state index in [9.17, 15) is 9.18 Å². The van der Waals surface area contributed by atoms with Gasteiger partial charge in [0.05, 0.1) is 11.9 Å². The van der Waals surface area contributed by atoms with Gasteiger partial charge in [-0.3, -0.25) is 4.79 Å². The second-order valence-electron chi connectivity index (χ2n) is 5.59. The normalized spacial score (nSPS) is 11.1. The van der Waals surface area contributed by atoms with Gasteiger partial charge in [-0.05, 0) is 35.9 Å². The summed E-state index contributed by atoms with van der Waals surface area (Å²) < 4.78 is 15.0. The molecule has 0 spiro atoms. The number of rotatable bonds is 3. The highest BCUT2D eigenvalue weighted by atomic mass is 35.5. The fourth-order valence-electron chi connectivity index (χ4n) is 2.68. The second kappa shape index (κ2) is 6.14. The van der Waals surface area contributed by atoms with E-state index in [0.717, 1.165) is 5.56 Å². The largest absolute Gasteiger partial charge is 0.310 e. The van der Waals surface area contributed by atoms with Gasteiger partial charge in [0.2, 0.25) is 0 Å². The molecule has 0 saturated heterocycles. The van der Waals surface area contributed by atoms with Crippen LogP contribution in [0.1, 0.15) is 11.4 Å². The van der Waals surface area contributed by atoms with E-state index >= 15 is 0 Å². The van der Waals surface area contributed by atoms with Crippen LogP contribution in [-0.2, 0) is 6.42 Å². The molecule has 0 atom stereocenters. The maximum absolute atomic E-state index is 13.5. The molecule has 2 aromatic carbocycles. The summed E-state index contributed by atoms with van der Waals surface area (Å²) >= 11 is 6.00. The number of benzene rings is 2. The molecular weight excluding hydrogens is 343 g/mol. The Morgan fingerprint density at radius 3 is 2.80 bits per heavy atom. The standard InChI is InChI=1S/C18H12ClFN4O/c19-12-4-1-3-11(7-12)8-16-22-17-15(18(25)23-16)10-21-24(17)14-6-2-5-13(20)9-14/h1-7,9-10H,8H2,(H,22,23,25). The highest BCUT2D eigenvalue weighted by Crippen LogP contribution is 2.17. The number of H-pyrrole nitrogens is 1. The Morgan fingerprint density at radius 1 is 1.16 bits per heavy atom. The highest BCUT2D eigenvalue weighted by molar-refractivity contribution is 6.30. The molecular formula is C18H12ClFN4O. The quantitative estimate of drug-likeness (QED) is 0.612. The van der Waals surface area contributed by atoms with Crippen molar-refractivity contribution in [1.82, 2.24) is 19.7 Å². The van der Waals surface area contributed by atoms with Crippen LogP contribution < -0.4 is 5.56 Å². The predicted molar refractivity (Wildman–Crippen MR) is 93.7 cm³/mol. The SMILES string of the molecule is O=c1[nH]c(Cc2cccc(Cl)c2)nc2c1cnn2-c1cccc(F)c1. The zero-order chi connectivity index (χ0) is 17.4. The molecule has 0 unspecified atom stereocenters. The van der Waals surface area contributed by atoms with Gasteiger partial charge in [-0.25, -0.2) is 14.1 Å². The molecule has 2 aromatic heterocycles. The Morgan fingerprint density at radius 2 is 2.00 bits per heavy atom. The third kappa shape index (κ3) is 3.04. The maximum atomic E-state index is 13.5. The van der Waals surface area contributed by atoms with E-state index < -0.39 is 0 Å². The van der Waals surface area contributed by atoms with E-state index in [4.69, 9.17) is 11.6 Å². The summed E-state index contributed by atoms with van der Waals surface area (Å²) in [7, 11) is 0. The van der Waals surface area contributed by atoms with E-state index in [1.54, 1.807) is 18.2 Å². The molecule has 1 N–H and O–H groups in total. The van der Waals surface area contributed by atoms with Crippen LogP contribution in [0.5, 0.6) is 0 Å². The van der Waals surface area contributed by atoms with E-state index in [1.807, 2.05) is 18.2 Å². The number of aromatic amines is 1. The minimum absolute atomic E-state index is 0.287. The molecule has 0 amide bonds. The van der Waals surface area contributed by atoms with Gasteiger partial charge in [0.15, 0.2) is 5.65 Å². The fourth-order valence-corrected chi connectivity index (χ4v) is 2.90. The molecule has 4 aromatic rings. The average Bonchev–Trinajstić information content (AvgIpc) is 2.99. The molecule has 4 rings (SSSR count). The average molecular weight is 355 g/mol. The summed E-state index contributed by atoms with van der Waals surface area (Å²) in [6.45, 7) is 0. The summed E-state index contributed by atoms with van der Waals surface area (Å²) in [6, 6.07) is 13.3. The molecule has 0 bridgehead atoms. The molecule has 2 heterocycles. The molecule has 7 heteroatoms. The summed E-state index contributed by atoms with van der Waals surface area (Å²) in [5, 5.41) is 5.14. The fraction of sp³-hybridized carbons (Fsp3) is 0.0556. The second-order valence-corrected chi connectivity index (χ2v) is 6.03. The van der Waals surface area contributed by atoms with E-state index in [-0.39, 0.29) is 11.4 Å². The number of fused-ring (bicyclic) bond motifs is 1. The molecule has 124 valence electrons. The first-order chi connectivity index (χ1) is 12.1. The predicted octanol–water partition coefficient (Wildman–Crippen LogP) is 3.49. The van der Waals surface area contributed by atoms with Crippen molar-refractivity contribution >= 4 is 22.6 Å². The van der Waals surface area contributed by atoms with Crippen LogP contribution in [0.15, 0.2) is 59.5 Å². The van der Waals surface area contributed by atoms with Crippen molar-refractivity contribution in [2.24, 2.45) is 0 Å². The minimum atomic E-state index is -0.384. The Balaban J connectivity index is 1.83. The molecule has 25 heavy (non-hydrogen) atoms. The van der Waals surface area contributed by atoms with Crippen molar-refractivity contribution in [2.75, 3.05) is 0 Å². The molecule has 0 fully saturated rings. The smallest absolute Gasteiger partial charge is 0.262 e. The van der Waals surface area contributed by atoms with Gasteiger partial charge in [-0.2, -0.15) is 5.10 Å². The first kappa shape index (κ1) is 15.5. The Kier molecular flexibility index (Phi) is 3.82. The van der Waals surface area contributed by atoms with Crippen molar-refractivity contribution in [3.05, 3.63) is 87.3 Å². The van der Waals surface area contributed by atoms with Crippen LogP contribution >= 0.6 is 11.6 Å². The van der Waals surface area contributed by atoms with Crippen LogP contribution in [0, 0.1) is 5.82 Å². The maximum Gasteiger partial charge on any atom is 0.262 e. The van der Waals surface area contributed by atoms with Gasteiger partial charge in [-0.15, -0.1) is 0 Å². The molecule has 0 radical (unpaired) electrons. The summed E-state index contributed by atoms with van der Waals surface area (Å²) in [5.74, 6) is 0.100. The van der Waals surface area contributed by atoms with Gasteiger partial charge >= 0.3 is 0 Å². The summed E-state index contributed by atoms with van der Waals surface area (Å²) in [5.41, 5.74) is 1.52. The first-order valence-corrected chi connectivity index (χ1v) is 7.95. The lowest BCUT2D eigenvalue weighted by Gasteiger charge is -2.05. The Labute approximate surface area is 146 Å². The molecule has 0 aliphatic heterocycles. The minimum Gasteiger partial charge on any atom is -0.310 e. The van der Waals surface area contributed by atoms with Crippen LogP contribution in [-0.4, -0.2) is 19.7 Å². The van der Waals surface area contributed by atoms with Gasteiger partial charge in [0, 0.05) is 11.4 Å². The lowest BCUT2D eigenvalue weighted by molar-refractivity contribution is 0.625. The highest BCUT2D eigenvalue weighted by Gasteiger charge is 2.12. The third-order valence-electron chi connectivity index (χ3n) is 3.80. The van der Waals surface area contributed by atoms with Gasteiger partial charge in [0.1, 0.15) is 17.0 Å². The van der Waals surface area contributed by atoms with E-state index in [0.29, 0.717) is 34.0 Å². The van der Waals surface area contributed by atoms with Crippen LogP contribution in [0.4, 0.5) is 4.39 Å². The van der Waals surface area contributed by atoms with Crippen LogP contribution in [0.3, 0.4) is 0 Å². The number of aromatic nitrogens is 4. The third-order valence-corrected chi connectivity index (χ3v) is 4.04. The van der Waals surface area contributed by atoms with Crippen molar-refractivity contribution < 1.29 is 4.39 Å². The number of nitrogens with zero attached hydrogens (tertiary/aromatic N) is 3. The first-order valence-electron chi connectivity index (χ1n) is 7.57. The molecule has 0 saturated carbocycles. The lowest BCUT2D eigenvalue weighted by atomic mass is 10.1. The Hall–Kier alpha value is -2.99. The van der Waals surface area contributed by atoms with Crippen molar-refractivity contribution in [2.45, 2.75) is 6.42 Å². The van der Waals surface area contributed by atoms with Gasteiger partial charge in [-0.1, -0.05) is 29.8 Å². The summed E-state index contributed by atoms with van der Waals surface area (Å²) in [4.78, 5) is 19.6. The van der Waals surface area contributed by atoms with Crippen LogP contribution in [0.25, 0.3) is 16.7 Å². The van der Waals surface area contributed by atoms with Crippen molar-refractivity contribution in [3.63, 3.8) is 0 Å². The monoisotopic (exact) mass is 354 g/mol. The topological polar surface area (TPSA) is 63.6 Å². The molecule has 0 aliphatic carbocycles. The lowest BCUT2D eigenvalue weighted by Crippen LogP contribution is -2.12. The van der Waals surface area contributed by atoms with Crippen LogP contribution in [0.2, 0.25) is 5.02 Å². The number of hydrogen-bond acceptors (Lipinski definition) is 3. The molecule has 5 nitrogen and oxygen atoms in total. The van der Waals surface area contributed by atoms with E-state index in [2.05, 4.69) is 15.1 Å². The zero-order valence-corrected chi connectivity index (χ0v) is 13.7. The van der Waals surface area contributed by atoms with Gasteiger partial charge < -0.3 is 4.98 Å².